The number of esters is 4. The molecule has 5 atom stereocenters. The number of halogens is 1. The second-order valence-corrected chi connectivity index (χ2v) is 7.51. The second-order valence-electron chi connectivity index (χ2n) is 7.51. The van der Waals surface area contributed by atoms with Crippen LogP contribution in [-0.4, -0.2) is 73.4 Å². The number of urea groups is 1. The van der Waals surface area contributed by atoms with Gasteiger partial charge in [-0.2, -0.15) is 5.10 Å². The molecular formula is C22H26FN3O10. The highest BCUT2D eigenvalue weighted by molar-refractivity contribution is 5.81. The Morgan fingerprint density at radius 3 is 2.00 bits per heavy atom. The third-order valence-corrected chi connectivity index (χ3v) is 4.51. The van der Waals surface area contributed by atoms with Crippen molar-refractivity contribution in [3.63, 3.8) is 0 Å². The van der Waals surface area contributed by atoms with Crippen molar-refractivity contribution < 1.29 is 52.0 Å². The lowest BCUT2D eigenvalue weighted by molar-refractivity contribution is -0.255. The topological polar surface area (TPSA) is 168 Å². The number of benzene rings is 1. The van der Waals surface area contributed by atoms with Crippen molar-refractivity contribution in [2.24, 2.45) is 5.10 Å². The Kier molecular flexibility index (Phi) is 10.3. The van der Waals surface area contributed by atoms with Gasteiger partial charge in [-0.05, 0) is 17.7 Å². The van der Waals surface area contributed by atoms with Crippen molar-refractivity contribution >= 4 is 36.1 Å². The van der Waals surface area contributed by atoms with Gasteiger partial charge in [-0.1, -0.05) is 12.1 Å². The molecule has 1 fully saturated rings. The second kappa shape index (κ2) is 13.1. The van der Waals surface area contributed by atoms with Crippen LogP contribution in [0.4, 0.5) is 9.18 Å². The normalized spacial score (nSPS) is 23.3. The van der Waals surface area contributed by atoms with Crippen LogP contribution in [0.1, 0.15) is 33.3 Å². The van der Waals surface area contributed by atoms with Crippen LogP contribution < -0.4 is 10.7 Å². The number of hydrazone groups is 1. The molecule has 2 rings (SSSR count). The van der Waals surface area contributed by atoms with Gasteiger partial charge in [0, 0.05) is 27.7 Å². The maximum Gasteiger partial charge on any atom is 0.337 e. The predicted molar refractivity (Wildman–Crippen MR) is 118 cm³/mol. The Hall–Kier alpha value is -4.07. The third-order valence-electron chi connectivity index (χ3n) is 4.51. The van der Waals surface area contributed by atoms with Crippen molar-refractivity contribution in [1.82, 2.24) is 10.7 Å². The highest BCUT2D eigenvalue weighted by Crippen LogP contribution is 2.28. The summed E-state index contributed by atoms with van der Waals surface area (Å²) in [7, 11) is 0. The number of rotatable bonds is 8. The van der Waals surface area contributed by atoms with Gasteiger partial charge in [0.2, 0.25) is 0 Å². The van der Waals surface area contributed by atoms with Gasteiger partial charge in [0.25, 0.3) is 0 Å². The standard InChI is InChI=1S/C22H26FN3O10/c1-11(27)32-10-17-18(33-12(2)28)19(34-13(3)29)20(35-14(4)30)21(36-17)25-22(31)26-24-9-15-5-7-16(23)8-6-15/h5-9,17-21H,10H2,1-4H3,(H2,25,26,31)/b24-9+/t17-,18-,19+,20-,21-/m1/s1. The number of hydrogen-bond acceptors (Lipinski definition) is 11. The fraction of sp³-hybridized carbons (Fsp3) is 0.455. The van der Waals surface area contributed by atoms with Gasteiger partial charge in [-0.3, -0.25) is 19.2 Å². The van der Waals surface area contributed by atoms with Crippen molar-refractivity contribution in [2.45, 2.75) is 58.3 Å². The van der Waals surface area contributed by atoms with Gasteiger partial charge < -0.3 is 29.0 Å². The Balaban J connectivity index is 2.27. The van der Waals surface area contributed by atoms with Gasteiger partial charge in [-0.25, -0.2) is 14.6 Å². The maximum absolute atomic E-state index is 13.0. The monoisotopic (exact) mass is 511 g/mol. The molecule has 0 spiro atoms. The molecule has 1 aromatic carbocycles. The molecule has 196 valence electrons. The molecule has 13 nitrogen and oxygen atoms in total. The Morgan fingerprint density at radius 2 is 1.44 bits per heavy atom. The Morgan fingerprint density at radius 1 is 0.889 bits per heavy atom. The number of nitrogens with zero attached hydrogens (tertiary/aromatic N) is 1. The van der Waals surface area contributed by atoms with Crippen LogP contribution in [0.3, 0.4) is 0 Å². The molecule has 0 aliphatic carbocycles. The lowest BCUT2D eigenvalue weighted by Gasteiger charge is -2.44. The van der Waals surface area contributed by atoms with Gasteiger partial charge >= 0.3 is 29.9 Å². The highest BCUT2D eigenvalue weighted by Gasteiger charge is 2.52. The first-order chi connectivity index (χ1) is 17.0. The minimum absolute atomic E-state index is 0.443. The number of hydrogen-bond donors (Lipinski definition) is 2. The smallest absolute Gasteiger partial charge is 0.337 e. The van der Waals surface area contributed by atoms with E-state index >= 15 is 0 Å². The van der Waals surface area contributed by atoms with E-state index < -0.39 is 73.0 Å². The molecule has 1 aromatic rings. The zero-order chi connectivity index (χ0) is 26.8. The highest BCUT2D eigenvalue weighted by atomic mass is 19.1. The summed E-state index contributed by atoms with van der Waals surface area (Å²) in [6, 6.07) is 4.35. The molecule has 0 aromatic heterocycles. The summed E-state index contributed by atoms with van der Waals surface area (Å²) in [6.45, 7) is 3.93. The first kappa shape index (κ1) is 28.2. The van der Waals surface area contributed by atoms with Gasteiger partial charge in [0.15, 0.2) is 24.5 Å². The Bertz CT molecular complexity index is 1000. The average Bonchev–Trinajstić information content (AvgIpc) is 2.77. The molecule has 0 unspecified atom stereocenters. The number of carbonyl (C=O) groups excluding carboxylic acids is 5. The van der Waals surface area contributed by atoms with Crippen LogP contribution in [-0.2, 0) is 42.9 Å². The number of nitrogens with one attached hydrogen (secondary N) is 2. The minimum Gasteiger partial charge on any atom is -0.463 e. The molecular weight excluding hydrogens is 485 g/mol. The largest absolute Gasteiger partial charge is 0.463 e. The maximum atomic E-state index is 13.0. The quantitative estimate of drug-likeness (QED) is 0.218. The van der Waals surface area contributed by atoms with E-state index in [0.29, 0.717) is 5.56 Å². The van der Waals surface area contributed by atoms with Gasteiger partial charge in [-0.15, -0.1) is 0 Å². The molecule has 36 heavy (non-hydrogen) atoms. The van der Waals surface area contributed by atoms with E-state index in [4.69, 9.17) is 23.7 Å². The average molecular weight is 511 g/mol. The predicted octanol–water partition coefficient (Wildman–Crippen LogP) is 0.542. The number of ether oxygens (including phenoxy) is 5. The summed E-state index contributed by atoms with van der Waals surface area (Å²) in [5.74, 6) is -3.53. The van der Waals surface area contributed by atoms with Crippen molar-refractivity contribution in [2.75, 3.05) is 6.61 Å². The lowest BCUT2D eigenvalue weighted by atomic mass is 9.97. The van der Waals surface area contributed by atoms with Crippen LogP contribution in [0.5, 0.6) is 0 Å². The molecule has 1 aliphatic heterocycles. The van der Waals surface area contributed by atoms with Crippen LogP contribution in [0, 0.1) is 5.82 Å². The number of carbonyl (C=O) groups is 5. The van der Waals surface area contributed by atoms with Crippen LogP contribution in [0.2, 0.25) is 0 Å². The SMILES string of the molecule is CC(=O)OC[C@H]1O[C@@H](NC(=O)N/N=C/c2ccc(F)cc2)[C@H](OC(C)=O)[C@@H](OC(C)=O)[C@@H]1OC(C)=O. The lowest BCUT2D eigenvalue weighted by Crippen LogP contribution is -2.66. The molecule has 0 bridgehead atoms. The molecule has 14 heteroatoms. The van der Waals surface area contributed by atoms with E-state index in [1.807, 2.05) is 0 Å². The fourth-order valence-corrected chi connectivity index (χ4v) is 3.22. The molecule has 1 heterocycles. The van der Waals surface area contributed by atoms with Gasteiger partial charge in [0.1, 0.15) is 18.5 Å². The van der Waals surface area contributed by atoms with Crippen LogP contribution >= 0.6 is 0 Å². The number of amides is 2. The van der Waals surface area contributed by atoms with Crippen molar-refractivity contribution in [3.05, 3.63) is 35.6 Å². The van der Waals surface area contributed by atoms with E-state index in [1.54, 1.807) is 0 Å². The van der Waals surface area contributed by atoms with E-state index in [-0.39, 0.29) is 0 Å². The third kappa shape index (κ3) is 8.94. The van der Waals surface area contributed by atoms with Gasteiger partial charge in [0.05, 0.1) is 6.21 Å². The Labute approximate surface area is 205 Å². The molecule has 1 aliphatic rings. The molecule has 2 N–H and O–H groups in total. The van der Waals surface area contributed by atoms with Crippen molar-refractivity contribution in [3.8, 4) is 0 Å². The summed E-state index contributed by atoms with van der Waals surface area (Å²) in [5.41, 5.74) is 2.65. The van der Waals surface area contributed by atoms with E-state index in [2.05, 4.69) is 15.8 Å². The summed E-state index contributed by atoms with van der Waals surface area (Å²) in [5, 5.41) is 6.10. The summed E-state index contributed by atoms with van der Waals surface area (Å²) in [4.78, 5) is 59.1. The van der Waals surface area contributed by atoms with Crippen LogP contribution in [0.25, 0.3) is 0 Å². The van der Waals surface area contributed by atoms with Crippen molar-refractivity contribution in [1.29, 1.82) is 0 Å². The molecule has 2 amide bonds. The zero-order valence-electron chi connectivity index (χ0n) is 19.9. The van der Waals surface area contributed by atoms with Crippen LogP contribution in [0.15, 0.2) is 29.4 Å². The molecule has 0 radical (unpaired) electrons. The first-order valence-electron chi connectivity index (χ1n) is 10.6. The molecule has 1 saturated heterocycles. The van der Waals surface area contributed by atoms with E-state index in [0.717, 1.165) is 27.7 Å². The minimum atomic E-state index is -1.46. The first-order valence-corrected chi connectivity index (χ1v) is 10.6. The molecule has 0 saturated carbocycles. The summed E-state index contributed by atoms with van der Waals surface area (Å²) in [6.07, 6.45) is -5.68. The zero-order valence-corrected chi connectivity index (χ0v) is 19.9. The van der Waals surface area contributed by atoms with E-state index in [9.17, 15) is 28.4 Å². The summed E-state index contributed by atoms with van der Waals surface area (Å²) < 4.78 is 39.4. The summed E-state index contributed by atoms with van der Waals surface area (Å²) >= 11 is 0. The van der Waals surface area contributed by atoms with E-state index in [1.165, 1.54) is 30.5 Å². The fourth-order valence-electron chi connectivity index (χ4n) is 3.22.